The summed E-state index contributed by atoms with van der Waals surface area (Å²) in [5, 5.41) is 5.82. The van der Waals surface area contributed by atoms with Gasteiger partial charge in [-0.05, 0) is 42.7 Å². The van der Waals surface area contributed by atoms with Crippen molar-refractivity contribution < 1.29 is 18.7 Å². The van der Waals surface area contributed by atoms with Gasteiger partial charge in [0.15, 0.2) is 5.76 Å². The Labute approximate surface area is 175 Å². The minimum absolute atomic E-state index is 0.0133. The first-order valence-electron chi connectivity index (χ1n) is 10.0. The zero-order chi connectivity index (χ0) is 21.0. The number of anilines is 2. The van der Waals surface area contributed by atoms with Crippen LogP contribution in [-0.2, 0) is 10.2 Å². The zero-order valence-corrected chi connectivity index (χ0v) is 16.8. The molecule has 0 radical (unpaired) electrons. The molecule has 1 heterocycles. The number of amides is 2. The molecule has 1 aliphatic carbocycles. The maximum atomic E-state index is 13.3. The van der Waals surface area contributed by atoms with E-state index in [0.717, 1.165) is 31.2 Å². The van der Waals surface area contributed by atoms with Crippen molar-refractivity contribution in [3.63, 3.8) is 0 Å². The number of methoxy groups -OCH3 is 1. The van der Waals surface area contributed by atoms with Gasteiger partial charge in [-0.3, -0.25) is 9.59 Å². The lowest BCUT2D eigenvalue weighted by Gasteiger charge is -2.28. The van der Waals surface area contributed by atoms with E-state index in [2.05, 4.69) is 10.6 Å². The van der Waals surface area contributed by atoms with Crippen LogP contribution in [0.2, 0.25) is 0 Å². The van der Waals surface area contributed by atoms with Gasteiger partial charge in [-0.1, -0.05) is 43.2 Å². The average molecular weight is 404 g/mol. The van der Waals surface area contributed by atoms with Crippen molar-refractivity contribution in [1.29, 1.82) is 0 Å². The van der Waals surface area contributed by atoms with Crippen LogP contribution < -0.4 is 15.4 Å². The topological polar surface area (TPSA) is 80.6 Å². The van der Waals surface area contributed by atoms with Crippen molar-refractivity contribution in [3.05, 3.63) is 78.3 Å². The third-order valence-corrected chi connectivity index (χ3v) is 5.67. The van der Waals surface area contributed by atoms with Gasteiger partial charge in [-0.25, -0.2) is 0 Å². The smallest absolute Gasteiger partial charge is 0.291 e. The molecule has 6 nitrogen and oxygen atoms in total. The maximum Gasteiger partial charge on any atom is 0.291 e. The molecule has 2 amide bonds. The van der Waals surface area contributed by atoms with Gasteiger partial charge >= 0.3 is 0 Å². The molecule has 1 fully saturated rings. The minimum atomic E-state index is -0.513. The van der Waals surface area contributed by atoms with Crippen LogP contribution in [0.15, 0.2) is 71.3 Å². The Morgan fingerprint density at radius 3 is 2.40 bits per heavy atom. The fourth-order valence-corrected chi connectivity index (χ4v) is 4.10. The molecule has 0 spiro atoms. The van der Waals surface area contributed by atoms with Gasteiger partial charge in [0.05, 0.1) is 24.5 Å². The summed E-state index contributed by atoms with van der Waals surface area (Å²) in [6, 6.07) is 18.4. The largest absolute Gasteiger partial charge is 0.494 e. The van der Waals surface area contributed by atoms with E-state index in [0.29, 0.717) is 17.1 Å². The van der Waals surface area contributed by atoms with Crippen LogP contribution in [0.5, 0.6) is 5.75 Å². The maximum absolute atomic E-state index is 13.3. The van der Waals surface area contributed by atoms with Crippen molar-refractivity contribution in [2.24, 2.45) is 0 Å². The molecule has 4 rings (SSSR count). The summed E-state index contributed by atoms with van der Waals surface area (Å²) >= 11 is 0. The Bertz CT molecular complexity index is 1020. The van der Waals surface area contributed by atoms with Crippen molar-refractivity contribution in [2.75, 3.05) is 17.7 Å². The molecule has 1 aromatic heterocycles. The molecule has 0 bridgehead atoms. The Kier molecular flexibility index (Phi) is 5.57. The summed E-state index contributed by atoms with van der Waals surface area (Å²) in [5.41, 5.74) is 1.65. The van der Waals surface area contributed by atoms with Crippen LogP contribution in [0, 0.1) is 0 Å². The van der Waals surface area contributed by atoms with Crippen LogP contribution in [-0.4, -0.2) is 18.9 Å². The fourth-order valence-electron chi connectivity index (χ4n) is 4.10. The molecule has 2 N–H and O–H groups in total. The van der Waals surface area contributed by atoms with E-state index in [1.807, 2.05) is 30.3 Å². The SMILES string of the molecule is COc1cc(NC(=O)C2(c3ccccc3)CCCC2)ccc1NC(=O)c1ccco1. The van der Waals surface area contributed by atoms with E-state index in [9.17, 15) is 9.59 Å². The third kappa shape index (κ3) is 3.81. The lowest BCUT2D eigenvalue weighted by Crippen LogP contribution is -2.37. The molecule has 0 atom stereocenters. The van der Waals surface area contributed by atoms with Gasteiger partial charge in [0.1, 0.15) is 5.75 Å². The van der Waals surface area contributed by atoms with Gasteiger partial charge in [0.2, 0.25) is 5.91 Å². The predicted octanol–water partition coefficient (Wildman–Crippen LogP) is 4.99. The summed E-state index contributed by atoms with van der Waals surface area (Å²) in [4.78, 5) is 25.6. The van der Waals surface area contributed by atoms with E-state index in [1.54, 1.807) is 30.3 Å². The van der Waals surface area contributed by atoms with Crippen LogP contribution in [0.4, 0.5) is 11.4 Å². The summed E-state index contributed by atoms with van der Waals surface area (Å²) < 4.78 is 10.5. The van der Waals surface area contributed by atoms with Gasteiger partial charge in [0, 0.05) is 11.8 Å². The Morgan fingerprint density at radius 2 is 1.73 bits per heavy atom. The fraction of sp³-hybridized carbons (Fsp3) is 0.250. The molecule has 6 heteroatoms. The number of carbonyl (C=O) groups is 2. The highest BCUT2D eigenvalue weighted by Crippen LogP contribution is 2.42. The number of hydrogen-bond acceptors (Lipinski definition) is 4. The number of rotatable bonds is 6. The van der Waals surface area contributed by atoms with Crippen LogP contribution in [0.25, 0.3) is 0 Å². The first kappa shape index (κ1) is 19.8. The summed E-state index contributed by atoms with van der Waals surface area (Å²) in [6.45, 7) is 0. The first-order valence-corrected chi connectivity index (χ1v) is 10.0. The number of hydrogen-bond donors (Lipinski definition) is 2. The van der Waals surface area contributed by atoms with Gasteiger partial charge in [-0.2, -0.15) is 0 Å². The molecule has 0 aliphatic heterocycles. The molecular weight excluding hydrogens is 380 g/mol. The minimum Gasteiger partial charge on any atom is -0.494 e. The molecule has 1 saturated carbocycles. The van der Waals surface area contributed by atoms with Crippen LogP contribution >= 0.6 is 0 Å². The molecule has 3 aromatic rings. The average Bonchev–Trinajstić information content (AvgIpc) is 3.48. The Balaban J connectivity index is 1.54. The van der Waals surface area contributed by atoms with Crippen molar-refractivity contribution >= 4 is 23.2 Å². The van der Waals surface area contributed by atoms with Crippen molar-refractivity contribution in [3.8, 4) is 5.75 Å². The lowest BCUT2D eigenvalue weighted by molar-refractivity contribution is -0.121. The highest BCUT2D eigenvalue weighted by Gasteiger charge is 2.42. The van der Waals surface area contributed by atoms with E-state index >= 15 is 0 Å². The van der Waals surface area contributed by atoms with Gasteiger partial charge in [-0.15, -0.1) is 0 Å². The van der Waals surface area contributed by atoms with E-state index in [1.165, 1.54) is 13.4 Å². The zero-order valence-electron chi connectivity index (χ0n) is 16.8. The highest BCUT2D eigenvalue weighted by atomic mass is 16.5. The first-order chi connectivity index (χ1) is 14.6. The molecular formula is C24H24N2O4. The number of ether oxygens (including phenoxy) is 1. The van der Waals surface area contributed by atoms with Crippen LogP contribution in [0.1, 0.15) is 41.8 Å². The second-order valence-corrected chi connectivity index (χ2v) is 7.46. The number of nitrogens with one attached hydrogen (secondary N) is 2. The van der Waals surface area contributed by atoms with E-state index < -0.39 is 5.41 Å². The Morgan fingerprint density at radius 1 is 0.967 bits per heavy atom. The molecule has 1 aliphatic rings. The van der Waals surface area contributed by atoms with E-state index in [4.69, 9.17) is 9.15 Å². The van der Waals surface area contributed by atoms with Gasteiger partial charge in [0.25, 0.3) is 5.91 Å². The standard InChI is InChI=1S/C24H24N2O4/c1-29-21-16-18(11-12-19(21)26-22(27)20-10-7-15-30-20)25-23(28)24(13-5-6-14-24)17-8-3-2-4-9-17/h2-4,7-12,15-16H,5-6,13-14H2,1H3,(H,25,28)(H,26,27). The highest BCUT2D eigenvalue weighted by molar-refractivity contribution is 6.04. The molecule has 154 valence electrons. The van der Waals surface area contributed by atoms with Crippen molar-refractivity contribution in [1.82, 2.24) is 0 Å². The lowest BCUT2D eigenvalue weighted by atomic mass is 9.78. The molecule has 0 saturated heterocycles. The Hall–Kier alpha value is -3.54. The summed E-state index contributed by atoms with van der Waals surface area (Å²) in [6.07, 6.45) is 5.16. The monoisotopic (exact) mass is 404 g/mol. The quantitative estimate of drug-likeness (QED) is 0.606. The van der Waals surface area contributed by atoms with Gasteiger partial charge < -0.3 is 19.8 Å². The number of carbonyl (C=O) groups excluding carboxylic acids is 2. The second-order valence-electron chi connectivity index (χ2n) is 7.46. The second kappa shape index (κ2) is 8.45. The van der Waals surface area contributed by atoms with Crippen LogP contribution in [0.3, 0.4) is 0 Å². The number of furan rings is 1. The molecule has 2 aromatic carbocycles. The predicted molar refractivity (Wildman–Crippen MR) is 115 cm³/mol. The summed E-state index contributed by atoms with van der Waals surface area (Å²) in [7, 11) is 1.52. The van der Waals surface area contributed by atoms with Crippen molar-refractivity contribution in [2.45, 2.75) is 31.1 Å². The van der Waals surface area contributed by atoms with E-state index in [-0.39, 0.29) is 17.6 Å². The summed E-state index contributed by atoms with van der Waals surface area (Å²) in [5.74, 6) is 0.276. The third-order valence-electron chi connectivity index (χ3n) is 5.67. The number of benzene rings is 2. The normalized spacial score (nSPS) is 14.8. The molecule has 30 heavy (non-hydrogen) atoms. The molecule has 0 unspecified atom stereocenters.